The van der Waals surface area contributed by atoms with E-state index < -0.39 is 0 Å². The van der Waals surface area contributed by atoms with Gasteiger partial charge in [0.15, 0.2) is 5.17 Å². The van der Waals surface area contributed by atoms with Crippen LogP contribution in [0, 0.1) is 13.8 Å². The fourth-order valence-corrected chi connectivity index (χ4v) is 3.36. The minimum atomic E-state index is 0.360. The normalized spacial score (nSPS) is 17.6. The third-order valence-electron chi connectivity index (χ3n) is 3.49. The molecule has 4 heteroatoms. The van der Waals surface area contributed by atoms with Crippen LogP contribution < -0.4 is 5.32 Å². The van der Waals surface area contributed by atoms with Crippen molar-refractivity contribution < 1.29 is 0 Å². The smallest absolute Gasteiger partial charge is 0.161 e. The summed E-state index contributed by atoms with van der Waals surface area (Å²) in [6.45, 7) is 4.03. The van der Waals surface area contributed by atoms with Gasteiger partial charge in [-0.1, -0.05) is 42.1 Å². The van der Waals surface area contributed by atoms with Gasteiger partial charge in [0.25, 0.3) is 0 Å². The maximum absolute atomic E-state index is 4.78. The maximum Gasteiger partial charge on any atom is 0.161 e. The highest BCUT2D eigenvalue weighted by Crippen LogP contribution is 2.23. The molecular formula is C17H19N3S. The van der Waals surface area contributed by atoms with Crippen molar-refractivity contribution in [3.63, 3.8) is 0 Å². The molecular weight excluding hydrogens is 278 g/mol. The average molecular weight is 297 g/mol. The molecule has 0 saturated carbocycles. The van der Waals surface area contributed by atoms with E-state index in [0.717, 1.165) is 34.4 Å². The summed E-state index contributed by atoms with van der Waals surface area (Å²) in [5.74, 6) is 1.04. The zero-order valence-electron chi connectivity index (χ0n) is 12.3. The van der Waals surface area contributed by atoms with E-state index in [1.54, 1.807) is 11.8 Å². The van der Waals surface area contributed by atoms with Gasteiger partial charge in [0.1, 0.15) is 0 Å². The van der Waals surface area contributed by atoms with Crippen molar-refractivity contribution in [2.45, 2.75) is 26.3 Å². The highest BCUT2D eigenvalue weighted by atomic mass is 32.2. The first-order valence-corrected chi connectivity index (χ1v) is 8.15. The van der Waals surface area contributed by atoms with Gasteiger partial charge < -0.3 is 5.32 Å². The summed E-state index contributed by atoms with van der Waals surface area (Å²) >= 11 is 1.79. The molecule has 3 rings (SSSR count). The van der Waals surface area contributed by atoms with Gasteiger partial charge in [-0.2, -0.15) is 0 Å². The topological polar surface area (TPSA) is 37.3 Å². The highest BCUT2D eigenvalue weighted by Gasteiger charge is 2.19. The number of hydrogen-bond donors (Lipinski definition) is 1. The molecule has 21 heavy (non-hydrogen) atoms. The Labute approximate surface area is 129 Å². The van der Waals surface area contributed by atoms with Crippen molar-refractivity contribution in [1.29, 1.82) is 0 Å². The number of amidine groups is 1. The Bertz CT molecular complexity index is 652. The number of anilines is 1. The molecule has 3 nitrogen and oxygen atoms in total. The molecule has 1 N–H and O–H groups in total. The minimum Gasteiger partial charge on any atom is -0.333 e. The number of nitrogens with zero attached hydrogens (tertiary/aromatic N) is 2. The molecule has 1 aliphatic heterocycles. The first-order chi connectivity index (χ1) is 10.2. The number of thioether (sulfide) groups is 1. The molecule has 1 atom stereocenters. The molecule has 0 amide bonds. The molecule has 0 fully saturated rings. The molecule has 108 valence electrons. The SMILES string of the molecule is Cc1ccc(NC2=NC(Cc3ccccc3)CS2)c(C)n1. The Balaban J connectivity index is 1.66. The number of aromatic nitrogens is 1. The summed E-state index contributed by atoms with van der Waals surface area (Å²) in [5.41, 5.74) is 4.46. The summed E-state index contributed by atoms with van der Waals surface area (Å²) in [6, 6.07) is 15.0. The number of benzene rings is 1. The zero-order chi connectivity index (χ0) is 14.7. The molecule has 1 unspecified atom stereocenters. The molecule has 1 aromatic carbocycles. The molecule has 0 saturated heterocycles. The number of aryl methyl sites for hydroxylation is 2. The van der Waals surface area contributed by atoms with Gasteiger partial charge in [0.2, 0.25) is 0 Å². The monoisotopic (exact) mass is 297 g/mol. The van der Waals surface area contributed by atoms with E-state index in [4.69, 9.17) is 4.99 Å². The van der Waals surface area contributed by atoms with Gasteiger partial charge in [0.05, 0.1) is 17.4 Å². The predicted octanol–water partition coefficient (Wildman–Crippen LogP) is 3.82. The zero-order valence-corrected chi connectivity index (χ0v) is 13.2. The Morgan fingerprint density at radius 2 is 1.95 bits per heavy atom. The first kappa shape index (κ1) is 14.1. The first-order valence-electron chi connectivity index (χ1n) is 7.16. The van der Waals surface area contributed by atoms with Crippen LogP contribution in [0.15, 0.2) is 47.5 Å². The van der Waals surface area contributed by atoms with Crippen LogP contribution in [0.1, 0.15) is 17.0 Å². The fraction of sp³-hybridized carbons (Fsp3) is 0.294. The van der Waals surface area contributed by atoms with Gasteiger partial charge >= 0.3 is 0 Å². The van der Waals surface area contributed by atoms with Crippen molar-refractivity contribution in [3.05, 3.63) is 59.4 Å². The second kappa shape index (κ2) is 6.31. The van der Waals surface area contributed by atoms with Crippen molar-refractivity contribution in [1.82, 2.24) is 4.98 Å². The molecule has 2 heterocycles. The molecule has 0 aliphatic carbocycles. The number of nitrogens with one attached hydrogen (secondary N) is 1. The standard InChI is InChI=1S/C17H19N3S/c1-12-8-9-16(13(2)18-12)20-17-19-15(11-21-17)10-14-6-4-3-5-7-14/h3-9,15H,10-11H2,1-2H3,(H,19,20). The van der Waals surface area contributed by atoms with Crippen molar-refractivity contribution in [2.75, 3.05) is 11.1 Å². The average Bonchev–Trinajstić information content (AvgIpc) is 2.90. The Kier molecular flexibility index (Phi) is 4.25. The Hall–Kier alpha value is -1.81. The van der Waals surface area contributed by atoms with Gasteiger partial charge in [-0.15, -0.1) is 0 Å². The van der Waals surface area contributed by atoms with Crippen molar-refractivity contribution in [3.8, 4) is 0 Å². The van der Waals surface area contributed by atoms with Gasteiger partial charge in [-0.05, 0) is 38.0 Å². The van der Waals surface area contributed by atoms with Gasteiger partial charge in [0, 0.05) is 11.4 Å². The molecule has 0 spiro atoms. The molecule has 0 bridgehead atoms. The maximum atomic E-state index is 4.78. The van der Waals surface area contributed by atoms with E-state index in [9.17, 15) is 0 Å². The quantitative estimate of drug-likeness (QED) is 0.935. The number of pyridine rings is 1. The van der Waals surface area contributed by atoms with E-state index >= 15 is 0 Å². The van der Waals surface area contributed by atoms with E-state index in [1.165, 1.54) is 5.56 Å². The van der Waals surface area contributed by atoms with E-state index in [-0.39, 0.29) is 0 Å². The summed E-state index contributed by atoms with van der Waals surface area (Å²) in [6.07, 6.45) is 1.00. The van der Waals surface area contributed by atoms with Gasteiger partial charge in [-0.25, -0.2) is 0 Å². The van der Waals surface area contributed by atoms with Crippen LogP contribution in [0.4, 0.5) is 5.69 Å². The lowest BCUT2D eigenvalue weighted by Gasteiger charge is -2.08. The van der Waals surface area contributed by atoms with E-state index in [1.807, 2.05) is 19.9 Å². The summed E-state index contributed by atoms with van der Waals surface area (Å²) in [4.78, 5) is 9.26. The van der Waals surface area contributed by atoms with Crippen LogP contribution in [0.5, 0.6) is 0 Å². The summed E-state index contributed by atoms with van der Waals surface area (Å²) < 4.78 is 0. The van der Waals surface area contributed by atoms with Crippen LogP contribution in [-0.2, 0) is 6.42 Å². The van der Waals surface area contributed by atoms with Crippen LogP contribution in [0.25, 0.3) is 0 Å². The molecule has 0 radical (unpaired) electrons. The lowest BCUT2D eigenvalue weighted by molar-refractivity contribution is 0.762. The van der Waals surface area contributed by atoms with Crippen molar-refractivity contribution in [2.24, 2.45) is 4.99 Å². The van der Waals surface area contributed by atoms with E-state index in [2.05, 4.69) is 46.7 Å². The van der Waals surface area contributed by atoms with Crippen LogP contribution in [0.2, 0.25) is 0 Å². The second-order valence-corrected chi connectivity index (χ2v) is 6.31. The Morgan fingerprint density at radius 3 is 2.71 bits per heavy atom. The third kappa shape index (κ3) is 3.64. The summed E-state index contributed by atoms with van der Waals surface area (Å²) in [5, 5.41) is 4.41. The van der Waals surface area contributed by atoms with E-state index in [0.29, 0.717) is 6.04 Å². The number of rotatable bonds is 3. The number of hydrogen-bond acceptors (Lipinski definition) is 4. The Morgan fingerprint density at radius 1 is 1.14 bits per heavy atom. The van der Waals surface area contributed by atoms with Crippen LogP contribution in [-0.4, -0.2) is 21.9 Å². The van der Waals surface area contributed by atoms with Crippen molar-refractivity contribution >= 4 is 22.6 Å². The summed E-state index contributed by atoms with van der Waals surface area (Å²) in [7, 11) is 0. The highest BCUT2D eigenvalue weighted by molar-refractivity contribution is 8.14. The molecule has 1 aromatic heterocycles. The minimum absolute atomic E-state index is 0.360. The third-order valence-corrected chi connectivity index (χ3v) is 4.53. The largest absolute Gasteiger partial charge is 0.333 e. The lowest BCUT2D eigenvalue weighted by atomic mass is 10.1. The lowest BCUT2D eigenvalue weighted by Crippen LogP contribution is -2.09. The number of aliphatic imine (C=N–C) groups is 1. The molecule has 2 aromatic rings. The second-order valence-electron chi connectivity index (χ2n) is 5.30. The van der Waals surface area contributed by atoms with Gasteiger partial charge in [-0.3, -0.25) is 9.98 Å². The van der Waals surface area contributed by atoms with Crippen LogP contribution >= 0.6 is 11.8 Å². The molecule has 1 aliphatic rings. The fourth-order valence-electron chi connectivity index (χ4n) is 2.41. The predicted molar refractivity (Wildman–Crippen MR) is 91.2 cm³/mol. The van der Waals surface area contributed by atoms with Crippen LogP contribution in [0.3, 0.4) is 0 Å².